The van der Waals surface area contributed by atoms with Crippen molar-refractivity contribution in [3.05, 3.63) is 17.8 Å². The fraction of sp³-hybridized carbons (Fsp3) is 0.636. The lowest BCUT2D eigenvalue weighted by atomic mass is 10.2. The molecule has 2 unspecified atom stereocenters. The zero-order valence-electron chi connectivity index (χ0n) is 10.2. The Morgan fingerprint density at radius 1 is 1.37 bits per heavy atom. The summed E-state index contributed by atoms with van der Waals surface area (Å²) in [4.78, 5) is 1.83. The summed E-state index contributed by atoms with van der Waals surface area (Å²) in [6, 6.07) is 2.25. The molecule has 1 fully saturated rings. The van der Waals surface area contributed by atoms with Crippen LogP contribution in [-0.4, -0.2) is 41.4 Å². The van der Waals surface area contributed by atoms with E-state index in [1.807, 2.05) is 11.8 Å². The van der Waals surface area contributed by atoms with Gasteiger partial charge in [0.05, 0.1) is 18.1 Å². The van der Waals surface area contributed by atoms with Crippen LogP contribution in [-0.2, 0) is 10.9 Å². The molecule has 4 nitrogen and oxygen atoms in total. The summed E-state index contributed by atoms with van der Waals surface area (Å²) in [5.74, 6) is 0.729. The quantitative estimate of drug-likeness (QED) is 0.785. The van der Waals surface area contributed by atoms with Crippen molar-refractivity contribution in [3.8, 4) is 0 Å². The summed E-state index contributed by atoms with van der Waals surface area (Å²) in [7, 11) is 0. The van der Waals surface area contributed by atoms with Crippen LogP contribution >= 0.6 is 11.6 Å². The van der Waals surface area contributed by atoms with Gasteiger partial charge in [0.15, 0.2) is 11.5 Å². The number of halogens is 4. The second-order valence-electron chi connectivity index (χ2n) is 4.40. The van der Waals surface area contributed by atoms with E-state index < -0.39 is 11.9 Å². The topological polar surface area (TPSA) is 38.2 Å². The van der Waals surface area contributed by atoms with Gasteiger partial charge in [0.25, 0.3) is 0 Å². The summed E-state index contributed by atoms with van der Waals surface area (Å²) in [5.41, 5.74) is -0.994. The van der Waals surface area contributed by atoms with Gasteiger partial charge in [-0.2, -0.15) is 13.2 Å². The highest BCUT2D eigenvalue weighted by Gasteiger charge is 2.33. The maximum atomic E-state index is 12.4. The minimum Gasteiger partial charge on any atom is -0.370 e. The first-order valence-corrected chi connectivity index (χ1v) is 6.31. The lowest BCUT2D eigenvalue weighted by Gasteiger charge is -2.36. The molecule has 1 saturated heterocycles. The molecule has 1 aliphatic rings. The monoisotopic (exact) mass is 295 g/mol. The van der Waals surface area contributed by atoms with Crippen molar-refractivity contribution in [2.24, 2.45) is 0 Å². The normalized spacial score (nSPS) is 24.6. The van der Waals surface area contributed by atoms with Crippen molar-refractivity contribution < 1.29 is 17.9 Å². The molecule has 0 saturated carbocycles. The average molecular weight is 296 g/mol. The Hall–Kier alpha value is -1.08. The Labute approximate surface area is 113 Å². The first kappa shape index (κ1) is 14.3. The Bertz CT molecular complexity index is 426. The number of alkyl halides is 4. The Balaban J connectivity index is 2.13. The molecule has 1 aliphatic heterocycles. The third-order valence-corrected chi connectivity index (χ3v) is 3.11. The lowest BCUT2D eigenvalue weighted by Crippen LogP contribution is -2.47. The van der Waals surface area contributed by atoms with E-state index in [1.54, 1.807) is 0 Å². The largest absolute Gasteiger partial charge is 0.435 e. The molecule has 1 aromatic rings. The van der Waals surface area contributed by atoms with Crippen molar-refractivity contribution in [1.29, 1.82) is 0 Å². The van der Waals surface area contributed by atoms with Gasteiger partial charge in [0.2, 0.25) is 0 Å². The van der Waals surface area contributed by atoms with Crippen molar-refractivity contribution in [3.63, 3.8) is 0 Å². The van der Waals surface area contributed by atoms with Gasteiger partial charge in [-0.05, 0) is 19.1 Å². The maximum absolute atomic E-state index is 12.4. The lowest BCUT2D eigenvalue weighted by molar-refractivity contribution is -0.141. The summed E-state index contributed by atoms with van der Waals surface area (Å²) < 4.78 is 42.7. The molecule has 19 heavy (non-hydrogen) atoms. The number of hydrogen-bond donors (Lipinski definition) is 0. The van der Waals surface area contributed by atoms with E-state index >= 15 is 0 Å². The molecule has 8 heteroatoms. The van der Waals surface area contributed by atoms with Gasteiger partial charge in [0.1, 0.15) is 0 Å². The maximum Gasteiger partial charge on any atom is 0.435 e. The molecule has 0 aliphatic carbocycles. The molecule has 0 radical (unpaired) electrons. The molecule has 2 rings (SSSR count). The van der Waals surface area contributed by atoms with E-state index in [0.717, 1.165) is 6.07 Å². The van der Waals surface area contributed by atoms with E-state index in [9.17, 15) is 13.2 Å². The van der Waals surface area contributed by atoms with Crippen molar-refractivity contribution in [2.75, 3.05) is 23.9 Å². The fourth-order valence-electron chi connectivity index (χ4n) is 1.96. The smallest absolute Gasteiger partial charge is 0.370 e. The van der Waals surface area contributed by atoms with Crippen LogP contribution < -0.4 is 4.90 Å². The van der Waals surface area contributed by atoms with Crippen LogP contribution in [0.2, 0.25) is 0 Å². The van der Waals surface area contributed by atoms with Gasteiger partial charge >= 0.3 is 6.18 Å². The van der Waals surface area contributed by atoms with Crippen LogP contribution in [0.5, 0.6) is 0 Å². The first-order chi connectivity index (χ1) is 8.90. The third kappa shape index (κ3) is 3.48. The number of aromatic nitrogens is 2. The van der Waals surface area contributed by atoms with Crippen molar-refractivity contribution in [2.45, 2.75) is 25.3 Å². The molecule has 0 bridgehead atoms. The molecule has 0 spiro atoms. The Morgan fingerprint density at radius 2 is 2.11 bits per heavy atom. The van der Waals surface area contributed by atoms with Gasteiger partial charge < -0.3 is 9.64 Å². The number of rotatable bonds is 2. The van der Waals surface area contributed by atoms with Crippen LogP contribution in [0.25, 0.3) is 0 Å². The first-order valence-electron chi connectivity index (χ1n) is 5.77. The molecule has 0 N–H and O–H groups in total. The second kappa shape index (κ2) is 5.50. The van der Waals surface area contributed by atoms with Crippen molar-refractivity contribution >= 4 is 17.4 Å². The van der Waals surface area contributed by atoms with Gasteiger partial charge in [-0.3, -0.25) is 0 Å². The summed E-state index contributed by atoms with van der Waals surface area (Å²) >= 11 is 5.75. The zero-order chi connectivity index (χ0) is 14.0. The van der Waals surface area contributed by atoms with Crippen LogP contribution in [0.3, 0.4) is 0 Å². The van der Waals surface area contributed by atoms with E-state index in [1.165, 1.54) is 6.07 Å². The van der Waals surface area contributed by atoms with E-state index in [0.29, 0.717) is 24.8 Å². The Morgan fingerprint density at radius 3 is 2.63 bits per heavy atom. The summed E-state index contributed by atoms with van der Waals surface area (Å²) in [6.45, 7) is 2.92. The SMILES string of the molecule is CC1CN(c2ccc(C(F)(F)F)nn2)CC(CCl)O1. The minimum atomic E-state index is -4.47. The molecule has 2 heterocycles. The molecule has 0 amide bonds. The summed E-state index contributed by atoms with van der Waals surface area (Å²) in [6.07, 6.45) is -4.68. The predicted molar refractivity (Wildman–Crippen MR) is 64.3 cm³/mol. The van der Waals surface area contributed by atoms with Crippen LogP contribution in [0, 0.1) is 0 Å². The van der Waals surface area contributed by atoms with Gasteiger partial charge in [0, 0.05) is 13.1 Å². The summed E-state index contributed by atoms with van der Waals surface area (Å²) in [5, 5.41) is 6.84. The standard InChI is InChI=1S/C11H13ClF3N3O/c1-7-5-18(6-8(4-12)19-7)10-3-2-9(16-17-10)11(13,14)15/h2-3,7-8H,4-6H2,1H3. The van der Waals surface area contributed by atoms with Gasteiger partial charge in [-0.15, -0.1) is 21.8 Å². The average Bonchev–Trinajstić information content (AvgIpc) is 2.37. The zero-order valence-corrected chi connectivity index (χ0v) is 10.9. The number of anilines is 1. The fourth-order valence-corrected chi connectivity index (χ4v) is 2.13. The highest BCUT2D eigenvalue weighted by molar-refractivity contribution is 6.18. The molecular weight excluding hydrogens is 283 g/mol. The van der Waals surface area contributed by atoms with Crippen molar-refractivity contribution in [1.82, 2.24) is 10.2 Å². The van der Waals surface area contributed by atoms with Gasteiger partial charge in [-0.1, -0.05) is 0 Å². The molecule has 2 atom stereocenters. The van der Waals surface area contributed by atoms with Gasteiger partial charge in [-0.25, -0.2) is 0 Å². The van der Waals surface area contributed by atoms with E-state index in [2.05, 4.69) is 10.2 Å². The van der Waals surface area contributed by atoms with E-state index in [4.69, 9.17) is 16.3 Å². The third-order valence-electron chi connectivity index (χ3n) is 2.76. The molecular formula is C11H13ClF3N3O. The predicted octanol–water partition coefficient (Wildman–Crippen LogP) is 2.33. The molecule has 1 aromatic heterocycles. The molecule has 0 aromatic carbocycles. The van der Waals surface area contributed by atoms with Crippen LogP contribution in [0.4, 0.5) is 19.0 Å². The second-order valence-corrected chi connectivity index (χ2v) is 4.71. The highest BCUT2D eigenvalue weighted by Crippen LogP contribution is 2.28. The Kier molecular flexibility index (Phi) is 4.15. The van der Waals surface area contributed by atoms with Crippen LogP contribution in [0.15, 0.2) is 12.1 Å². The number of ether oxygens (including phenoxy) is 1. The number of nitrogens with zero attached hydrogens (tertiary/aromatic N) is 3. The van der Waals surface area contributed by atoms with E-state index in [-0.39, 0.29) is 12.2 Å². The minimum absolute atomic E-state index is 0.0541. The van der Waals surface area contributed by atoms with Crippen LogP contribution in [0.1, 0.15) is 12.6 Å². The number of morpholine rings is 1. The molecule has 106 valence electrons. The highest BCUT2D eigenvalue weighted by atomic mass is 35.5. The number of hydrogen-bond acceptors (Lipinski definition) is 4.